The lowest BCUT2D eigenvalue weighted by molar-refractivity contribution is -0.152. The number of nitrogens with one attached hydrogen (secondary N) is 2. The number of esters is 5. The molecule has 0 radical (unpaired) electrons. The number of imide groups is 1. The van der Waals surface area contributed by atoms with Gasteiger partial charge in [-0.05, 0) is 25.1 Å². The van der Waals surface area contributed by atoms with Crippen molar-refractivity contribution in [2.75, 3.05) is 31.3 Å². The number of rotatable bonds is 15. The summed E-state index contributed by atoms with van der Waals surface area (Å²) in [5.74, 6) is -7.21. The molecule has 0 aliphatic carbocycles. The van der Waals surface area contributed by atoms with Crippen LogP contribution in [0.25, 0.3) is 0 Å². The molecule has 0 aromatic heterocycles. The SMILES string of the molecule is CC(=O)OCC(COC(C)=O)NC(=O)c1cc(C(=O)NC(COC(C)=O)COC(C)=O)cc(N(C(C)=O)C(=O)[C@H](C)OC(C)=O)c1. The fourth-order valence-corrected chi connectivity index (χ4v) is 3.62. The van der Waals surface area contributed by atoms with E-state index in [2.05, 4.69) is 10.6 Å². The van der Waals surface area contributed by atoms with E-state index < -0.39 is 98.1 Å². The molecule has 17 nitrogen and oxygen atoms in total. The van der Waals surface area contributed by atoms with Crippen LogP contribution in [0.15, 0.2) is 18.2 Å². The summed E-state index contributed by atoms with van der Waals surface area (Å²) in [5, 5.41) is 4.98. The minimum Gasteiger partial charge on any atom is -0.464 e. The number of carbonyl (C=O) groups is 9. The number of nitrogens with zero attached hydrogens (tertiary/aromatic N) is 1. The largest absolute Gasteiger partial charge is 0.464 e. The average molecular weight is 652 g/mol. The molecule has 0 unspecified atom stereocenters. The third-order valence-electron chi connectivity index (χ3n) is 5.55. The molecule has 1 atom stereocenters. The van der Waals surface area contributed by atoms with Gasteiger partial charge in [0, 0.05) is 52.7 Å². The molecular weight excluding hydrogens is 614 g/mol. The number of hydrogen-bond acceptors (Lipinski definition) is 14. The number of carbonyl (C=O) groups excluding carboxylic acids is 9. The second-order valence-electron chi connectivity index (χ2n) is 9.76. The van der Waals surface area contributed by atoms with Gasteiger partial charge in [0.25, 0.3) is 17.7 Å². The fourth-order valence-electron chi connectivity index (χ4n) is 3.62. The molecule has 0 fully saturated rings. The summed E-state index contributed by atoms with van der Waals surface area (Å²) in [6.07, 6.45) is -1.44. The van der Waals surface area contributed by atoms with Crippen molar-refractivity contribution in [1.29, 1.82) is 0 Å². The molecule has 0 saturated heterocycles. The first-order chi connectivity index (χ1) is 21.4. The lowest BCUT2D eigenvalue weighted by Gasteiger charge is -2.24. The van der Waals surface area contributed by atoms with Crippen LogP contribution in [0.4, 0.5) is 5.69 Å². The van der Waals surface area contributed by atoms with Gasteiger partial charge in [-0.15, -0.1) is 0 Å². The third-order valence-corrected chi connectivity index (χ3v) is 5.55. The van der Waals surface area contributed by atoms with Gasteiger partial charge in [-0.25, -0.2) is 4.90 Å². The monoisotopic (exact) mass is 651 g/mol. The Morgan fingerprint density at radius 3 is 1.22 bits per heavy atom. The van der Waals surface area contributed by atoms with Gasteiger partial charge >= 0.3 is 29.8 Å². The first kappa shape index (κ1) is 38.7. The van der Waals surface area contributed by atoms with Crippen molar-refractivity contribution < 1.29 is 66.8 Å². The Kier molecular flexibility index (Phi) is 15.5. The Hall–Kier alpha value is -5.35. The summed E-state index contributed by atoms with van der Waals surface area (Å²) in [4.78, 5) is 110. The Morgan fingerprint density at radius 1 is 0.587 bits per heavy atom. The van der Waals surface area contributed by atoms with E-state index in [1.165, 1.54) is 6.92 Å². The van der Waals surface area contributed by atoms with Crippen LogP contribution >= 0.6 is 0 Å². The number of amides is 4. The molecule has 1 aromatic rings. The molecule has 4 amide bonds. The second-order valence-corrected chi connectivity index (χ2v) is 9.76. The molecule has 0 saturated carbocycles. The zero-order chi connectivity index (χ0) is 35.1. The first-order valence-electron chi connectivity index (χ1n) is 13.7. The summed E-state index contributed by atoms with van der Waals surface area (Å²) >= 11 is 0. The maximum atomic E-state index is 13.4. The maximum absolute atomic E-state index is 13.4. The van der Waals surface area contributed by atoms with Gasteiger partial charge in [0.15, 0.2) is 6.10 Å². The Balaban J connectivity index is 3.65. The van der Waals surface area contributed by atoms with Crippen molar-refractivity contribution in [1.82, 2.24) is 10.6 Å². The van der Waals surface area contributed by atoms with Crippen LogP contribution in [0.5, 0.6) is 0 Å². The molecule has 2 N–H and O–H groups in total. The second kappa shape index (κ2) is 18.5. The standard InChI is InChI=1S/C29H37N3O14/c1-15(46-21(7)38)29(41)32(16(2)33)26-9-22(27(39)30-24(11-42-17(3)34)12-43-18(4)35)8-23(10-26)28(40)31-25(13-44-19(5)36)14-45-20(6)37/h8-10,15,24-25H,11-14H2,1-7H3,(H,30,39)(H,31,40)/t15-/m0/s1. The maximum Gasteiger partial charge on any atom is 0.303 e. The van der Waals surface area contributed by atoms with Gasteiger partial charge in [0.05, 0.1) is 17.8 Å². The van der Waals surface area contributed by atoms with E-state index in [-0.39, 0.29) is 16.8 Å². The summed E-state index contributed by atoms with van der Waals surface area (Å²) in [6.45, 7) is 6.21. The van der Waals surface area contributed by atoms with E-state index in [4.69, 9.17) is 23.7 Å². The normalized spacial score (nSPS) is 11.1. The summed E-state index contributed by atoms with van der Waals surface area (Å²) in [5.41, 5.74) is -0.842. The zero-order valence-corrected chi connectivity index (χ0v) is 26.5. The molecule has 17 heteroatoms. The molecular formula is C29H37N3O14. The van der Waals surface area contributed by atoms with Crippen LogP contribution in [-0.2, 0) is 57.2 Å². The Labute approximate surface area is 264 Å². The van der Waals surface area contributed by atoms with Gasteiger partial charge in [0.1, 0.15) is 26.4 Å². The molecule has 0 bridgehead atoms. The summed E-state index contributed by atoms with van der Waals surface area (Å²) in [6, 6.07) is 1.18. The smallest absolute Gasteiger partial charge is 0.303 e. The van der Waals surface area contributed by atoms with Crippen LogP contribution in [0.3, 0.4) is 0 Å². The van der Waals surface area contributed by atoms with Gasteiger partial charge < -0.3 is 34.3 Å². The van der Waals surface area contributed by atoms with Crippen molar-refractivity contribution >= 4 is 59.2 Å². The topological polar surface area (TPSA) is 227 Å². The van der Waals surface area contributed by atoms with Crippen LogP contribution in [-0.4, -0.2) is 98.1 Å². The van der Waals surface area contributed by atoms with Crippen LogP contribution in [0, 0.1) is 0 Å². The van der Waals surface area contributed by atoms with Gasteiger partial charge in [-0.1, -0.05) is 0 Å². The van der Waals surface area contributed by atoms with Crippen LogP contribution < -0.4 is 15.5 Å². The molecule has 252 valence electrons. The lowest BCUT2D eigenvalue weighted by Crippen LogP contribution is -2.44. The molecule has 1 aromatic carbocycles. The van der Waals surface area contributed by atoms with Crippen molar-refractivity contribution in [3.05, 3.63) is 29.3 Å². The molecule has 0 aliphatic rings. The van der Waals surface area contributed by atoms with E-state index in [9.17, 15) is 43.2 Å². The number of benzene rings is 1. The predicted octanol–water partition coefficient (Wildman–Crippen LogP) is -0.0331. The van der Waals surface area contributed by atoms with Gasteiger partial charge in [-0.2, -0.15) is 0 Å². The molecule has 0 heterocycles. The van der Waals surface area contributed by atoms with Gasteiger partial charge in [0.2, 0.25) is 5.91 Å². The minimum atomic E-state index is -1.44. The van der Waals surface area contributed by atoms with Crippen molar-refractivity contribution in [2.45, 2.75) is 66.7 Å². The Bertz CT molecular complexity index is 1250. The van der Waals surface area contributed by atoms with E-state index in [1.54, 1.807) is 0 Å². The predicted molar refractivity (Wildman–Crippen MR) is 155 cm³/mol. The van der Waals surface area contributed by atoms with Crippen LogP contribution in [0.1, 0.15) is 69.2 Å². The number of anilines is 1. The fraction of sp³-hybridized carbons (Fsp3) is 0.483. The highest BCUT2D eigenvalue weighted by Crippen LogP contribution is 2.22. The Morgan fingerprint density at radius 2 is 0.935 bits per heavy atom. The summed E-state index contributed by atoms with van der Waals surface area (Å²) in [7, 11) is 0. The van der Waals surface area contributed by atoms with Gasteiger partial charge in [-0.3, -0.25) is 43.2 Å². The lowest BCUT2D eigenvalue weighted by atomic mass is 10.1. The average Bonchev–Trinajstić information content (AvgIpc) is 2.94. The zero-order valence-electron chi connectivity index (χ0n) is 26.5. The highest BCUT2D eigenvalue weighted by molar-refractivity contribution is 6.16. The first-order valence-corrected chi connectivity index (χ1v) is 13.7. The summed E-state index contributed by atoms with van der Waals surface area (Å²) < 4.78 is 24.6. The van der Waals surface area contributed by atoms with E-state index >= 15 is 0 Å². The van der Waals surface area contributed by atoms with Crippen molar-refractivity contribution in [2.24, 2.45) is 0 Å². The third kappa shape index (κ3) is 14.0. The van der Waals surface area contributed by atoms with E-state index in [1.807, 2.05) is 0 Å². The molecule has 1 rings (SSSR count). The number of hydrogen-bond donors (Lipinski definition) is 2. The molecule has 0 aliphatic heterocycles. The minimum absolute atomic E-state index is 0.276. The van der Waals surface area contributed by atoms with Crippen molar-refractivity contribution in [3.8, 4) is 0 Å². The molecule has 0 spiro atoms. The highest BCUT2D eigenvalue weighted by Gasteiger charge is 2.30. The van der Waals surface area contributed by atoms with E-state index in [0.717, 1.165) is 59.7 Å². The number of ether oxygens (including phenoxy) is 5. The quantitative estimate of drug-likeness (QED) is 0.188. The van der Waals surface area contributed by atoms with Crippen LogP contribution in [0.2, 0.25) is 0 Å². The molecule has 46 heavy (non-hydrogen) atoms. The highest BCUT2D eigenvalue weighted by atomic mass is 16.6. The van der Waals surface area contributed by atoms with Crippen molar-refractivity contribution in [3.63, 3.8) is 0 Å². The van der Waals surface area contributed by atoms with E-state index in [0.29, 0.717) is 4.90 Å².